The average molecular weight is 410 g/mol. The quantitative estimate of drug-likeness (QED) is 0.459. The molecule has 4 rings (SSSR count). The molecule has 9 nitrogen and oxygen atoms in total. The normalized spacial score (nSPS) is 12.1. The van der Waals surface area contributed by atoms with E-state index in [1.165, 1.54) is 36.8 Å². The molecule has 152 valence electrons. The highest BCUT2D eigenvalue weighted by Crippen LogP contribution is 2.29. The van der Waals surface area contributed by atoms with E-state index in [4.69, 9.17) is 11.5 Å². The fraction of sp³-hybridized carbons (Fsp3) is 0.105. The highest BCUT2D eigenvalue weighted by Gasteiger charge is 2.22. The molecule has 0 saturated carbocycles. The van der Waals surface area contributed by atoms with Gasteiger partial charge in [-0.2, -0.15) is 0 Å². The molecule has 3 aromatic heterocycles. The molecule has 1 aromatic carbocycles. The minimum Gasteiger partial charge on any atom is -0.383 e. The van der Waals surface area contributed by atoms with E-state index in [2.05, 4.69) is 25.3 Å². The molecule has 11 heteroatoms. The largest absolute Gasteiger partial charge is 0.383 e. The zero-order valence-corrected chi connectivity index (χ0v) is 15.7. The van der Waals surface area contributed by atoms with Crippen molar-refractivity contribution in [2.75, 3.05) is 11.1 Å². The van der Waals surface area contributed by atoms with Gasteiger partial charge in [-0.25, -0.2) is 23.7 Å². The number of primary amides is 1. The van der Waals surface area contributed by atoms with Gasteiger partial charge in [-0.15, -0.1) is 0 Å². The number of nitrogen functional groups attached to an aromatic ring is 1. The zero-order chi connectivity index (χ0) is 21.4. The van der Waals surface area contributed by atoms with Gasteiger partial charge in [0.2, 0.25) is 0 Å². The van der Waals surface area contributed by atoms with Gasteiger partial charge in [0, 0.05) is 12.1 Å². The van der Waals surface area contributed by atoms with Gasteiger partial charge in [-0.3, -0.25) is 14.3 Å². The Hall–Kier alpha value is -4.15. The van der Waals surface area contributed by atoms with Gasteiger partial charge in [-0.05, 0) is 19.1 Å². The van der Waals surface area contributed by atoms with E-state index in [1.54, 1.807) is 11.5 Å². The third-order valence-electron chi connectivity index (χ3n) is 4.45. The van der Waals surface area contributed by atoms with Crippen LogP contribution in [0, 0.1) is 11.6 Å². The number of hydrogen-bond donors (Lipinski definition) is 3. The Labute approximate surface area is 168 Å². The average Bonchev–Trinajstić information content (AvgIpc) is 3.06. The van der Waals surface area contributed by atoms with Gasteiger partial charge in [0.25, 0.3) is 5.91 Å². The van der Waals surface area contributed by atoms with Crippen molar-refractivity contribution in [3.8, 4) is 5.69 Å². The lowest BCUT2D eigenvalue weighted by molar-refractivity contribution is 0.100. The van der Waals surface area contributed by atoms with Crippen LogP contribution in [0.2, 0.25) is 0 Å². The third-order valence-corrected chi connectivity index (χ3v) is 4.45. The maximum Gasteiger partial charge on any atom is 0.256 e. The van der Waals surface area contributed by atoms with Gasteiger partial charge in [0.05, 0.1) is 35.2 Å². The number of imidazole rings is 1. The molecule has 0 bridgehead atoms. The topological polar surface area (TPSA) is 138 Å². The number of amides is 1. The second-order valence-corrected chi connectivity index (χ2v) is 6.51. The van der Waals surface area contributed by atoms with Gasteiger partial charge in [-0.1, -0.05) is 0 Å². The second kappa shape index (κ2) is 7.35. The molecule has 1 atom stereocenters. The Morgan fingerprint density at radius 1 is 1.17 bits per heavy atom. The van der Waals surface area contributed by atoms with Crippen LogP contribution in [0.3, 0.4) is 0 Å². The highest BCUT2D eigenvalue weighted by molar-refractivity contribution is 6.01. The summed E-state index contributed by atoms with van der Waals surface area (Å²) >= 11 is 0. The SMILES string of the molecule is C[C@H](Nc1ncnc(N)c1C(N)=O)c1nc2ccc(F)cc2n1-c1cncc(F)c1. The predicted molar refractivity (Wildman–Crippen MR) is 106 cm³/mol. The number of benzene rings is 1. The lowest BCUT2D eigenvalue weighted by atomic mass is 10.2. The van der Waals surface area contributed by atoms with Crippen molar-refractivity contribution in [3.63, 3.8) is 0 Å². The summed E-state index contributed by atoms with van der Waals surface area (Å²) in [6, 6.07) is 4.77. The van der Waals surface area contributed by atoms with Crippen molar-refractivity contribution >= 4 is 28.6 Å². The molecule has 0 aliphatic carbocycles. The molecule has 3 heterocycles. The number of fused-ring (bicyclic) bond motifs is 1. The molecule has 0 spiro atoms. The number of hydrogen-bond acceptors (Lipinski definition) is 7. The summed E-state index contributed by atoms with van der Waals surface area (Å²) in [6.07, 6.45) is 3.68. The van der Waals surface area contributed by atoms with Gasteiger partial charge >= 0.3 is 0 Å². The van der Waals surface area contributed by atoms with E-state index >= 15 is 0 Å². The summed E-state index contributed by atoms with van der Waals surface area (Å²) in [5.41, 5.74) is 12.3. The van der Waals surface area contributed by atoms with Crippen molar-refractivity contribution in [1.82, 2.24) is 24.5 Å². The molecule has 5 N–H and O–H groups in total. The van der Waals surface area contributed by atoms with Crippen LogP contribution in [-0.2, 0) is 0 Å². The molecule has 4 aromatic rings. The van der Waals surface area contributed by atoms with Gasteiger partial charge in [0.1, 0.15) is 41.0 Å². The van der Waals surface area contributed by atoms with Crippen LogP contribution in [0.25, 0.3) is 16.7 Å². The monoisotopic (exact) mass is 410 g/mol. The summed E-state index contributed by atoms with van der Waals surface area (Å²) in [5.74, 6) is -1.39. The van der Waals surface area contributed by atoms with Gasteiger partial charge < -0.3 is 16.8 Å². The van der Waals surface area contributed by atoms with Crippen LogP contribution >= 0.6 is 0 Å². The van der Waals surface area contributed by atoms with E-state index < -0.39 is 23.6 Å². The number of pyridine rings is 1. The number of carbonyl (C=O) groups is 1. The Balaban J connectivity index is 1.86. The molecule has 0 unspecified atom stereocenters. The van der Waals surface area contributed by atoms with Crippen LogP contribution < -0.4 is 16.8 Å². The van der Waals surface area contributed by atoms with Gasteiger partial charge in [0.15, 0.2) is 0 Å². The zero-order valence-electron chi connectivity index (χ0n) is 15.7. The van der Waals surface area contributed by atoms with Crippen molar-refractivity contribution in [2.24, 2.45) is 5.73 Å². The number of nitrogens with zero attached hydrogens (tertiary/aromatic N) is 5. The first kappa shape index (κ1) is 19.2. The first-order chi connectivity index (χ1) is 14.3. The number of rotatable bonds is 5. The lowest BCUT2D eigenvalue weighted by Crippen LogP contribution is -2.21. The molecule has 0 aliphatic rings. The fourth-order valence-electron chi connectivity index (χ4n) is 3.17. The van der Waals surface area contributed by atoms with Crippen LogP contribution in [0.1, 0.15) is 29.1 Å². The molecule has 1 amide bonds. The van der Waals surface area contributed by atoms with E-state index in [9.17, 15) is 13.6 Å². The smallest absolute Gasteiger partial charge is 0.256 e. The molecule has 0 radical (unpaired) electrons. The summed E-state index contributed by atoms with van der Waals surface area (Å²) < 4.78 is 29.3. The molecular weight excluding hydrogens is 394 g/mol. The van der Waals surface area contributed by atoms with E-state index in [0.29, 0.717) is 22.5 Å². The number of nitrogens with one attached hydrogen (secondary N) is 1. The highest BCUT2D eigenvalue weighted by atomic mass is 19.1. The van der Waals surface area contributed by atoms with E-state index in [-0.39, 0.29) is 17.2 Å². The lowest BCUT2D eigenvalue weighted by Gasteiger charge is -2.18. The fourth-order valence-corrected chi connectivity index (χ4v) is 3.17. The van der Waals surface area contributed by atoms with Crippen LogP contribution in [0.4, 0.5) is 20.4 Å². The molecule has 30 heavy (non-hydrogen) atoms. The maximum atomic E-state index is 13.9. The Morgan fingerprint density at radius 2 is 1.97 bits per heavy atom. The summed E-state index contributed by atoms with van der Waals surface area (Å²) in [4.78, 5) is 28.0. The Morgan fingerprint density at radius 3 is 2.70 bits per heavy atom. The van der Waals surface area contributed by atoms with E-state index in [1.807, 2.05) is 0 Å². The molecule has 0 fully saturated rings. The minimum atomic E-state index is -0.798. The van der Waals surface area contributed by atoms with Crippen molar-refractivity contribution in [1.29, 1.82) is 0 Å². The van der Waals surface area contributed by atoms with E-state index in [0.717, 1.165) is 6.20 Å². The number of aromatic nitrogens is 5. The number of halogens is 2. The standard InChI is InChI=1S/C19H16F2N8O/c1-9(27-18-15(17(23)30)16(22)25-8-26-18)19-28-13-3-2-10(20)5-14(13)29(19)12-4-11(21)6-24-7-12/h2-9H,1H3,(H2,23,30)(H3,22,25,26,27)/t9-/m0/s1. The molecule has 0 saturated heterocycles. The first-order valence-electron chi connectivity index (χ1n) is 8.80. The van der Waals surface area contributed by atoms with Crippen molar-refractivity contribution in [2.45, 2.75) is 13.0 Å². The van der Waals surface area contributed by atoms with Crippen molar-refractivity contribution in [3.05, 3.63) is 66.0 Å². The summed E-state index contributed by atoms with van der Waals surface area (Å²) in [7, 11) is 0. The predicted octanol–water partition coefficient (Wildman–Crippen LogP) is 2.34. The maximum absolute atomic E-state index is 13.9. The third kappa shape index (κ3) is 3.36. The first-order valence-corrected chi connectivity index (χ1v) is 8.80. The minimum absolute atomic E-state index is 0.0644. The van der Waals surface area contributed by atoms with Crippen LogP contribution in [0.15, 0.2) is 43.0 Å². The molecular formula is C19H16F2N8O. The second-order valence-electron chi connectivity index (χ2n) is 6.51. The Kier molecular flexibility index (Phi) is 4.70. The summed E-state index contributed by atoms with van der Waals surface area (Å²) in [5, 5.41) is 3.03. The molecule has 0 aliphatic heterocycles. The van der Waals surface area contributed by atoms with Crippen molar-refractivity contribution < 1.29 is 13.6 Å². The number of nitrogens with two attached hydrogens (primary N) is 2. The Bertz CT molecular complexity index is 1270. The van der Waals surface area contributed by atoms with Crippen LogP contribution in [-0.4, -0.2) is 30.4 Å². The number of carbonyl (C=O) groups excluding carboxylic acids is 1. The number of anilines is 2. The summed E-state index contributed by atoms with van der Waals surface area (Å²) in [6.45, 7) is 1.74. The van der Waals surface area contributed by atoms with Crippen LogP contribution in [0.5, 0.6) is 0 Å².